The number of aliphatic imine (C=N–C) groups is 1. The summed E-state index contributed by atoms with van der Waals surface area (Å²) >= 11 is 0. The first-order chi connectivity index (χ1) is 7.92. The highest BCUT2D eigenvalue weighted by Crippen LogP contribution is 2.30. The number of para-hydroxylation sites is 2. The van der Waals surface area contributed by atoms with E-state index in [9.17, 15) is 0 Å². The molecular formula is C14H20N2. The standard InChI is InChI=1S/C14H20N2/c1-2-3-4-7-11-16-12-10-15-13-8-5-6-9-14(13)16/h5-6,8-10H,2-4,7,11-12H2,1H3. The average Bonchev–Trinajstić information content (AvgIpc) is 2.35. The third-order valence-electron chi connectivity index (χ3n) is 3.04. The Balaban J connectivity index is 1.94. The lowest BCUT2D eigenvalue weighted by Crippen LogP contribution is -2.28. The van der Waals surface area contributed by atoms with Crippen LogP contribution in [0.15, 0.2) is 29.3 Å². The Morgan fingerprint density at radius 3 is 2.94 bits per heavy atom. The van der Waals surface area contributed by atoms with E-state index in [1.165, 1.54) is 31.4 Å². The zero-order chi connectivity index (χ0) is 11.2. The van der Waals surface area contributed by atoms with E-state index in [-0.39, 0.29) is 0 Å². The first kappa shape index (κ1) is 11.2. The van der Waals surface area contributed by atoms with Gasteiger partial charge in [-0.1, -0.05) is 38.3 Å². The minimum absolute atomic E-state index is 0.961. The second-order valence-electron chi connectivity index (χ2n) is 4.31. The number of nitrogens with zero attached hydrogens (tertiary/aromatic N) is 2. The van der Waals surface area contributed by atoms with E-state index < -0.39 is 0 Å². The van der Waals surface area contributed by atoms with E-state index >= 15 is 0 Å². The van der Waals surface area contributed by atoms with Crippen LogP contribution < -0.4 is 4.90 Å². The monoisotopic (exact) mass is 216 g/mol. The van der Waals surface area contributed by atoms with E-state index in [1.807, 2.05) is 6.21 Å². The average molecular weight is 216 g/mol. The molecule has 86 valence electrons. The number of hydrogen-bond donors (Lipinski definition) is 0. The number of rotatable bonds is 5. The van der Waals surface area contributed by atoms with Crippen LogP contribution in [0.1, 0.15) is 32.6 Å². The largest absolute Gasteiger partial charge is 0.365 e. The Bertz CT molecular complexity index is 358. The summed E-state index contributed by atoms with van der Waals surface area (Å²) in [6.45, 7) is 4.37. The molecule has 1 aliphatic heterocycles. The van der Waals surface area contributed by atoms with Gasteiger partial charge in [0.2, 0.25) is 0 Å². The minimum Gasteiger partial charge on any atom is -0.365 e. The maximum atomic E-state index is 4.42. The van der Waals surface area contributed by atoms with Gasteiger partial charge in [-0.3, -0.25) is 4.99 Å². The number of hydrogen-bond acceptors (Lipinski definition) is 2. The number of anilines is 1. The van der Waals surface area contributed by atoms with Crippen molar-refractivity contribution in [3.8, 4) is 0 Å². The van der Waals surface area contributed by atoms with Crippen molar-refractivity contribution < 1.29 is 0 Å². The molecule has 0 aliphatic carbocycles. The van der Waals surface area contributed by atoms with Crippen LogP contribution in [0.2, 0.25) is 0 Å². The van der Waals surface area contributed by atoms with Crippen molar-refractivity contribution in [2.75, 3.05) is 18.0 Å². The van der Waals surface area contributed by atoms with Crippen LogP contribution in [-0.2, 0) is 0 Å². The van der Waals surface area contributed by atoms with E-state index in [0.717, 1.165) is 18.8 Å². The molecular weight excluding hydrogens is 196 g/mol. The third kappa shape index (κ3) is 2.63. The summed E-state index contributed by atoms with van der Waals surface area (Å²) in [7, 11) is 0. The molecule has 2 rings (SSSR count). The van der Waals surface area contributed by atoms with Gasteiger partial charge >= 0.3 is 0 Å². The van der Waals surface area contributed by atoms with Gasteiger partial charge in [0.05, 0.1) is 17.9 Å². The van der Waals surface area contributed by atoms with Crippen LogP contribution in [-0.4, -0.2) is 19.3 Å². The maximum Gasteiger partial charge on any atom is 0.0860 e. The smallest absolute Gasteiger partial charge is 0.0860 e. The van der Waals surface area contributed by atoms with Gasteiger partial charge in [0, 0.05) is 12.8 Å². The molecule has 0 aromatic heterocycles. The lowest BCUT2D eigenvalue weighted by molar-refractivity contribution is 0.656. The molecule has 0 fully saturated rings. The first-order valence-corrected chi connectivity index (χ1v) is 6.28. The van der Waals surface area contributed by atoms with Crippen LogP contribution in [0.5, 0.6) is 0 Å². The number of unbranched alkanes of at least 4 members (excludes halogenated alkanes) is 3. The summed E-state index contributed by atoms with van der Waals surface area (Å²) < 4.78 is 0. The van der Waals surface area contributed by atoms with Crippen LogP contribution in [0.25, 0.3) is 0 Å². The van der Waals surface area contributed by atoms with Crippen molar-refractivity contribution in [1.82, 2.24) is 0 Å². The molecule has 0 unspecified atom stereocenters. The van der Waals surface area contributed by atoms with Crippen LogP contribution >= 0.6 is 0 Å². The van der Waals surface area contributed by atoms with Gasteiger partial charge in [-0.25, -0.2) is 0 Å². The Kier molecular flexibility index (Phi) is 3.97. The number of benzene rings is 1. The second-order valence-corrected chi connectivity index (χ2v) is 4.31. The fourth-order valence-corrected chi connectivity index (χ4v) is 2.12. The molecule has 0 saturated carbocycles. The molecule has 0 amide bonds. The molecule has 1 aromatic carbocycles. The fourth-order valence-electron chi connectivity index (χ4n) is 2.12. The summed E-state index contributed by atoms with van der Waals surface area (Å²) in [6, 6.07) is 8.41. The van der Waals surface area contributed by atoms with Crippen LogP contribution in [0.4, 0.5) is 11.4 Å². The van der Waals surface area contributed by atoms with E-state index in [2.05, 4.69) is 41.1 Å². The van der Waals surface area contributed by atoms with Crippen molar-refractivity contribution in [1.29, 1.82) is 0 Å². The molecule has 2 nitrogen and oxygen atoms in total. The zero-order valence-corrected chi connectivity index (χ0v) is 10.0. The normalized spacial score (nSPS) is 13.9. The third-order valence-corrected chi connectivity index (χ3v) is 3.04. The Morgan fingerprint density at radius 1 is 1.19 bits per heavy atom. The van der Waals surface area contributed by atoms with E-state index in [4.69, 9.17) is 0 Å². The molecule has 0 spiro atoms. The minimum atomic E-state index is 0.961. The van der Waals surface area contributed by atoms with E-state index in [0.29, 0.717) is 0 Å². The Morgan fingerprint density at radius 2 is 2.06 bits per heavy atom. The van der Waals surface area contributed by atoms with Crippen molar-refractivity contribution in [3.63, 3.8) is 0 Å². The van der Waals surface area contributed by atoms with Crippen LogP contribution in [0.3, 0.4) is 0 Å². The highest BCUT2D eigenvalue weighted by atomic mass is 15.2. The van der Waals surface area contributed by atoms with Gasteiger partial charge in [-0.2, -0.15) is 0 Å². The van der Waals surface area contributed by atoms with Crippen molar-refractivity contribution >= 4 is 17.6 Å². The zero-order valence-electron chi connectivity index (χ0n) is 10.0. The summed E-state index contributed by atoms with van der Waals surface area (Å²) in [6.07, 6.45) is 7.30. The van der Waals surface area contributed by atoms with Crippen molar-refractivity contribution in [2.24, 2.45) is 4.99 Å². The summed E-state index contributed by atoms with van der Waals surface area (Å²) in [5, 5.41) is 0. The van der Waals surface area contributed by atoms with Gasteiger partial charge in [0.25, 0.3) is 0 Å². The Hall–Kier alpha value is -1.31. The van der Waals surface area contributed by atoms with Gasteiger partial charge in [0.15, 0.2) is 0 Å². The van der Waals surface area contributed by atoms with Gasteiger partial charge in [-0.05, 0) is 18.6 Å². The molecule has 0 atom stereocenters. The van der Waals surface area contributed by atoms with Gasteiger partial charge in [0.1, 0.15) is 0 Å². The van der Waals surface area contributed by atoms with E-state index in [1.54, 1.807) is 0 Å². The molecule has 1 heterocycles. The van der Waals surface area contributed by atoms with Crippen LogP contribution in [0, 0.1) is 0 Å². The predicted molar refractivity (Wildman–Crippen MR) is 70.9 cm³/mol. The molecule has 0 radical (unpaired) electrons. The summed E-state index contributed by atoms with van der Waals surface area (Å²) in [5.41, 5.74) is 2.41. The summed E-state index contributed by atoms with van der Waals surface area (Å²) in [4.78, 5) is 6.85. The predicted octanol–water partition coefficient (Wildman–Crippen LogP) is 3.79. The molecule has 16 heavy (non-hydrogen) atoms. The Labute approximate surface area is 98.0 Å². The molecule has 0 bridgehead atoms. The van der Waals surface area contributed by atoms with Crippen molar-refractivity contribution in [3.05, 3.63) is 24.3 Å². The van der Waals surface area contributed by atoms with Gasteiger partial charge in [-0.15, -0.1) is 0 Å². The molecule has 1 aliphatic rings. The maximum absolute atomic E-state index is 4.42. The molecule has 0 saturated heterocycles. The quantitative estimate of drug-likeness (QED) is 0.684. The number of fused-ring (bicyclic) bond motifs is 1. The van der Waals surface area contributed by atoms with Gasteiger partial charge < -0.3 is 4.90 Å². The molecule has 0 N–H and O–H groups in total. The molecule has 1 aromatic rings. The molecule has 2 heteroatoms. The lowest BCUT2D eigenvalue weighted by atomic mass is 10.1. The first-order valence-electron chi connectivity index (χ1n) is 6.28. The topological polar surface area (TPSA) is 15.6 Å². The SMILES string of the molecule is CCCCCCN1CC=Nc2ccccc21. The van der Waals surface area contributed by atoms with Crippen molar-refractivity contribution in [2.45, 2.75) is 32.6 Å². The highest BCUT2D eigenvalue weighted by Gasteiger charge is 2.12. The highest BCUT2D eigenvalue weighted by molar-refractivity contribution is 5.81. The fraction of sp³-hybridized carbons (Fsp3) is 0.500. The lowest BCUT2D eigenvalue weighted by Gasteiger charge is -2.27. The second kappa shape index (κ2) is 5.69. The summed E-state index contributed by atoms with van der Waals surface area (Å²) in [5.74, 6) is 0.